The number of aromatic nitrogens is 1. The Morgan fingerprint density at radius 2 is 1.95 bits per heavy atom. The van der Waals surface area contributed by atoms with Gasteiger partial charge in [0, 0.05) is 17.3 Å². The lowest BCUT2D eigenvalue weighted by Gasteiger charge is -2.07. The van der Waals surface area contributed by atoms with Crippen molar-refractivity contribution in [3.05, 3.63) is 53.7 Å². The Morgan fingerprint density at radius 3 is 2.52 bits per heavy atom. The van der Waals surface area contributed by atoms with Crippen LogP contribution in [0.3, 0.4) is 0 Å². The molecule has 0 bridgehead atoms. The fraction of sp³-hybridized carbons (Fsp3) is 0.176. The first kappa shape index (κ1) is 14.8. The Balaban J connectivity index is 2.25. The normalized spacial score (nSPS) is 10.8. The predicted molar refractivity (Wildman–Crippen MR) is 82.2 cm³/mol. The molecule has 0 fully saturated rings. The summed E-state index contributed by atoms with van der Waals surface area (Å²) in [6.45, 7) is 4.45. The van der Waals surface area contributed by atoms with Gasteiger partial charge in [0.25, 0.3) is 0 Å². The van der Waals surface area contributed by atoms with E-state index in [0.717, 1.165) is 34.3 Å². The maximum atomic E-state index is 10.5. The van der Waals surface area contributed by atoms with Crippen molar-refractivity contribution in [2.24, 2.45) is 0 Å². The van der Waals surface area contributed by atoms with Gasteiger partial charge in [-0.1, -0.05) is 6.07 Å². The molecule has 21 heavy (non-hydrogen) atoms. The maximum absolute atomic E-state index is 10.5. The number of aryl methyl sites for hydroxylation is 1. The summed E-state index contributed by atoms with van der Waals surface area (Å²) < 4.78 is 5.41. The lowest BCUT2D eigenvalue weighted by atomic mass is 10.1. The second-order valence-electron chi connectivity index (χ2n) is 4.50. The molecule has 0 aliphatic heterocycles. The number of hydrogen-bond acceptors (Lipinski definition) is 3. The first-order valence-corrected chi connectivity index (χ1v) is 6.72. The molecule has 1 N–H and O–H groups in total. The number of aliphatic carboxylic acids is 1. The highest BCUT2D eigenvalue weighted by Gasteiger charge is 2.03. The third kappa shape index (κ3) is 3.92. The Hall–Kier alpha value is -2.62. The van der Waals surface area contributed by atoms with E-state index in [2.05, 4.69) is 4.98 Å². The van der Waals surface area contributed by atoms with E-state index >= 15 is 0 Å². The third-order valence-corrected chi connectivity index (χ3v) is 2.99. The van der Waals surface area contributed by atoms with Crippen LogP contribution in [-0.2, 0) is 4.79 Å². The van der Waals surface area contributed by atoms with E-state index in [0.29, 0.717) is 6.61 Å². The predicted octanol–water partition coefficient (Wildman–Crippen LogP) is 3.55. The Labute approximate surface area is 123 Å². The van der Waals surface area contributed by atoms with Crippen molar-refractivity contribution in [3.8, 4) is 17.0 Å². The van der Waals surface area contributed by atoms with Crippen molar-refractivity contribution in [2.45, 2.75) is 13.8 Å². The van der Waals surface area contributed by atoms with E-state index in [4.69, 9.17) is 9.84 Å². The van der Waals surface area contributed by atoms with E-state index in [-0.39, 0.29) is 0 Å². The van der Waals surface area contributed by atoms with Gasteiger partial charge in [-0.25, -0.2) is 4.79 Å². The minimum atomic E-state index is -0.968. The molecular formula is C17H17NO3. The van der Waals surface area contributed by atoms with Crippen LogP contribution in [0.1, 0.15) is 18.2 Å². The Bertz CT molecular complexity index is 660. The third-order valence-electron chi connectivity index (χ3n) is 2.99. The molecule has 1 aromatic heterocycles. The lowest BCUT2D eigenvalue weighted by molar-refractivity contribution is -0.131. The van der Waals surface area contributed by atoms with Crippen LogP contribution in [0, 0.1) is 6.92 Å². The minimum absolute atomic E-state index is 0.640. The van der Waals surface area contributed by atoms with Crippen LogP contribution in [0.4, 0.5) is 0 Å². The van der Waals surface area contributed by atoms with E-state index < -0.39 is 5.97 Å². The van der Waals surface area contributed by atoms with Gasteiger partial charge >= 0.3 is 5.97 Å². The van der Waals surface area contributed by atoms with E-state index in [1.54, 1.807) is 6.08 Å². The van der Waals surface area contributed by atoms with Gasteiger partial charge in [-0.3, -0.25) is 4.98 Å². The van der Waals surface area contributed by atoms with E-state index in [1.807, 2.05) is 50.2 Å². The number of ether oxygens (including phenoxy) is 1. The summed E-state index contributed by atoms with van der Waals surface area (Å²) in [6, 6.07) is 11.5. The van der Waals surface area contributed by atoms with Gasteiger partial charge in [0.2, 0.25) is 0 Å². The molecule has 0 saturated heterocycles. The Kier molecular flexibility index (Phi) is 4.72. The van der Waals surface area contributed by atoms with E-state index in [1.165, 1.54) is 0 Å². The number of pyridine rings is 1. The molecule has 4 heteroatoms. The maximum Gasteiger partial charge on any atom is 0.328 e. The first-order chi connectivity index (χ1) is 10.1. The van der Waals surface area contributed by atoms with Crippen molar-refractivity contribution in [1.29, 1.82) is 0 Å². The van der Waals surface area contributed by atoms with Crippen molar-refractivity contribution in [3.63, 3.8) is 0 Å². The number of benzene rings is 1. The SMILES string of the molecule is CCOc1ccc(-c2ccc(/C=C/C(=O)O)c(C)n2)cc1. The van der Waals surface area contributed by atoms with Crippen LogP contribution in [0.2, 0.25) is 0 Å². The average Bonchev–Trinajstić information content (AvgIpc) is 2.47. The number of carboxylic acids is 1. The zero-order chi connectivity index (χ0) is 15.2. The van der Waals surface area contributed by atoms with E-state index in [9.17, 15) is 4.79 Å². The fourth-order valence-corrected chi connectivity index (χ4v) is 1.96. The number of nitrogens with zero attached hydrogens (tertiary/aromatic N) is 1. The molecule has 0 unspecified atom stereocenters. The van der Waals surface area contributed by atoms with Crippen LogP contribution in [-0.4, -0.2) is 22.7 Å². The molecule has 0 aliphatic rings. The second-order valence-corrected chi connectivity index (χ2v) is 4.50. The zero-order valence-electron chi connectivity index (χ0n) is 12.0. The summed E-state index contributed by atoms with van der Waals surface area (Å²) in [5, 5.41) is 8.65. The van der Waals surface area contributed by atoms with Crippen molar-refractivity contribution in [1.82, 2.24) is 4.98 Å². The summed E-state index contributed by atoms with van der Waals surface area (Å²) in [7, 11) is 0. The lowest BCUT2D eigenvalue weighted by Crippen LogP contribution is -1.93. The largest absolute Gasteiger partial charge is 0.494 e. The summed E-state index contributed by atoms with van der Waals surface area (Å²) in [4.78, 5) is 15.1. The smallest absolute Gasteiger partial charge is 0.328 e. The molecule has 0 spiro atoms. The number of rotatable bonds is 5. The topological polar surface area (TPSA) is 59.4 Å². The van der Waals surface area contributed by atoms with Crippen molar-refractivity contribution in [2.75, 3.05) is 6.61 Å². The quantitative estimate of drug-likeness (QED) is 0.852. The van der Waals surface area contributed by atoms with Crippen LogP contribution >= 0.6 is 0 Å². The standard InChI is InChI=1S/C17H17NO3/c1-3-21-15-8-4-14(5-9-15)16-10-6-13(12(2)18-16)7-11-17(19)20/h4-11H,3H2,1-2H3,(H,19,20)/b11-7+. The molecule has 1 heterocycles. The summed E-state index contributed by atoms with van der Waals surface area (Å²) in [5.41, 5.74) is 3.43. The molecule has 0 saturated carbocycles. The fourth-order valence-electron chi connectivity index (χ4n) is 1.96. The molecule has 2 aromatic rings. The second kappa shape index (κ2) is 6.70. The van der Waals surface area contributed by atoms with Gasteiger partial charge < -0.3 is 9.84 Å². The summed E-state index contributed by atoms with van der Waals surface area (Å²) >= 11 is 0. The highest BCUT2D eigenvalue weighted by molar-refractivity contribution is 5.85. The molecule has 108 valence electrons. The van der Waals surface area contributed by atoms with Crippen LogP contribution in [0.15, 0.2) is 42.5 Å². The zero-order valence-corrected chi connectivity index (χ0v) is 12.0. The molecule has 0 aliphatic carbocycles. The molecule has 4 nitrogen and oxygen atoms in total. The monoisotopic (exact) mass is 283 g/mol. The van der Waals surface area contributed by atoms with Crippen LogP contribution in [0.25, 0.3) is 17.3 Å². The van der Waals surface area contributed by atoms with Gasteiger partial charge in [0.15, 0.2) is 0 Å². The highest BCUT2D eigenvalue weighted by atomic mass is 16.5. The summed E-state index contributed by atoms with van der Waals surface area (Å²) in [6.07, 6.45) is 2.66. The molecule has 2 rings (SSSR count). The van der Waals surface area contributed by atoms with Gasteiger partial charge in [-0.05, 0) is 55.8 Å². The number of carbonyl (C=O) groups is 1. The number of carboxylic acid groups (broad SMARTS) is 1. The van der Waals surface area contributed by atoms with Crippen molar-refractivity contribution >= 4 is 12.0 Å². The van der Waals surface area contributed by atoms with Gasteiger partial charge in [-0.2, -0.15) is 0 Å². The molecule has 0 amide bonds. The van der Waals surface area contributed by atoms with Gasteiger partial charge in [-0.15, -0.1) is 0 Å². The van der Waals surface area contributed by atoms with Crippen LogP contribution < -0.4 is 4.74 Å². The van der Waals surface area contributed by atoms with Gasteiger partial charge in [0.1, 0.15) is 5.75 Å². The molecule has 1 aromatic carbocycles. The van der Waals surface area contributed by atoms with Crippen molar-refractivity contribution < 1.29 is 14.6 Å². The first-order valence-electron chi connectivity index (χ1n) is 6.72. The molecule has 0 atom stereocenters. The van der Waals surface area contributed by atoms with Crippen LogP contribution in [0.5, 0.6) is 5.75 Å². The Morgan fingerprint density at radius 1 is 1.24 bits per heavy atom. The highest BCUT2D eigenvalue weighted by Crippen LogP contribution is 2.22. The van der Waals surface area contributed by atoms with Gasteiger partial charge in [0.05, 0.1) is 12.3 Å². The minimum Gasteiger partial charge on any atom is -0.494 e. The molecular weight excluding hydrogens is 266 g/mol. The number of hydrogen-bond donors (Lipinski definition) is 1. The average molecular weight is 283 g/mol. The molecule has 0 radical (unpaired) electrons. The summed E-state index contributed by atoms with van der Waals surface area (Å²) in [5.74, 6) is -0.135.